The summed E-state index contributed by atoms with van der Waals surface area (Å²) in [4.78, 5) is 0. The maximum atomic E-state index is 9.21. The van der Waals surface area contributed by atoms with E-state index in [1.165, 1.54) is 0 Å². The molecule has 2 aromatic carbocycles. The molecule has 3 nitrogen and oxygen atoms in total. The van der Waals surface area contributed by atoms with Crippen molar-refractivity contribution in [1.29, 1.82) is 10.5 Å². The molecule has 0 atom stereocenters. The number of hydrogen-bond acceptors (Lipinski definition) is 3. The SMILES string of the molecule is COc1ccc(C(/C=C/c2ccc(Cl)c(Cl)c2)=C(C#N)C#N)cc1. The number of hydrogen-bond donors (Lipinski definition) is 0. The molecule has 0 aliphatic carbocycles. The zero-order valence-corrected chi connectivity index (χ0v) is 14.3. The lowest BCUT2D eigenvalue weighted by atomic mass is 9.99. The van der Waals surface area contributed by atoms with Crippen molar-refractivity contribution in [3.05, 3.63) is 75.3 Å². The van der Waals surface area contributed by atoms with Gasteiger partial charge in [0.05, 0.1) is 17.2 Å². The van der Waals surface area contributed by atoms with Crippen molar-refractivity contribution < 1.29 is 4.74 Å². The lowest BCUT2D eigenvalue weighted by Crippen LogP contribution is -1.88. The van der Waals surface area contributed by atoms with Crippen molar-refractivity contribution in [3.63, 3.8) is 0 Å². The molecule has 0 amide bonds. The lowest BCUT2D eigenvalue weighted by molar-refractivity contribution is 0.415. The van der Waals surface area contributed by atoms with E-state index in [0.717, 1.165) is 11.1 Å². The van der Waals surface area contributed by atoms with Crippen LogP contribution < -0.4 is 4.74 Å². The first-order chi connectivity index (χ1) is 11.6. The van der Waals surface area contributed by atoms with Crippen LogP contribution in [0.25, 0.3) is 11.6 Å². The molecule has 5 heteroatoms. The van der Waals surface area contributed by atoms with Gasteiger partial charge >= 0.3 is 0 Å². The molecule has 0 N–H and O–H groups in total. The van der Waals surface area contributed by atoms with Crippen LogP contribution in [-0.4, -0.2) is 7.11 Å². The minimum Gasteiger partial charge on any atom is -0.497 e. The van der Waals surface area contributed by atoms with E-state index in [2.05, 4.69) is 0 Å². The molecular formula is C19H12Cl2N2O. The summed E-state index contributed by atoms with van der Waals surface area (Å²) < 4.78 is 5.12. The van der Waals surface area contributed by atoms with Gasteiger partial charge in [0.25, 0.3) is 0 Å². The Kier molecular flexibility index (Phi) is 6.04. The third-order valence-electron chi connectivity index (χ3n) is 3.28. The van der Waals surface area contributed by atoms with Crippen molar-refractivity contribution in [2.24, 2.45) is 0 Å². The molecule has 24 heavy (non-hydrogen) atoms. The average Bonchev–Trinajstić information content (AvgIpc) is 2.61. The van der Waals surface area contributed by atoms with Gasteiger partial charge in [0.2, 0.25) is 0 Å². The number of nitrogens with zero attached hydrogens (tertiary/aromatic N) is 2. The summed E-state index contributed by atoms with van der Waals surface area (Å²) >= 11 is 11.9. The second-order valence-electron chi connectivity index (χ2n) is 4.75. The van der Waals surface area contributed by atoms with Crippen molar-refractivity contribution in [2.45, 2.75) is 0 Å². The highest BCUT2D eigenvalue weighted by atomic mass is 35.5. The van der Waals surface area contributed by atoms with Gasteiger partial charge in [-0.1, -0.05) is 53.6 Å². The van der Waals surface area contributed by atoms with Crippen LogP contribution >= 0.6 is 23.2 Å². The highest BCUT2D eigenvalue weighted by molar-refractivity contribution is 6.42. The first kappa shape index (κ1) is 17.6. The highest BCUT2D eigenvalue weighted by Crippen LogP contribution is 2.26. The molecular weight excluding hydrogens is 343 g/mol. The minimum atomic E-state index is 0.0245. The van der Waals surface area contributed by atoms with Gasteiger partial charge in [-0.25, -0.2) is 0 Å². The number of allylic oxidation sites excluding steroid dienone is 3. The van der Waals surface area contributed by atoms with E-state index in [4.69, 9.17) is 27.9 Å². The van der Waals surface area contributed by atoms with Crippen LogP contribution in [0.2, 0.25) is 10.0 Å². The molecule has 0 aliphatic heterocycles. The maximum Gasteiger partial charge on any atom is 0.137 e. The van der Waals surface area contributed by atoms with Gasteiger partial charge in [0.15, 0.2) is 0 Å². The van der Waals surface area contributed by atoms with Gasteiger partial charge in [-0.2, -0.15) is 10.5 Å². The highest BCUT2D eigenvalue weighted by Gasteiger charge is 2.07. The Morgan fingerprint density at radius 2 is 1.67 bits per heavy atom. The summed E-state index contributed by atoms with van der Waals surface area (Å²) in [5.41, 5.74) is 2.10. The minimum absolute atomic E-state index is 0.0245. The van der Waals surface area contributed by atoms with Crippen molar-refractivity contribution >= 4 is 34.9 Å². The predicted molar refractivity (Wildman–Crippen MR) is 96.6 cm³/mol. The summed E-state index contributed by atoms with van der Waals surface area (Å²) in [7, 11) is 1.58. The van der Waals surface area contributed by atoms with Gasteiger partial charge in [-0.05, 0) is 35.4 Å². The molecule has 2 rings (SSSR count). The quantitative estimate of drug-likeness (QED) is 0.536. The first-order valence-electron chi connectivity index (χ1n) is 6.91. The Morgan fingerprint density at radius 1 is 1.00 bits per heavy atom. The third kappa shape index (κ3) is 4.18. The van der Waals surface area contributed by atoms with E-state index in [9.17, 15) is 10.5 Å². The third-order valence-corrected chi connectivity index (χ3v) is 4.02. The van der Waals surface area contributed by atoms with E-state index < -0.39 is 0 Å². The fraction of sp³-hybridized carbons (Fsp3) is 0.0526. The second-order valence-corrected chi connectivity index (χ2v) is 5.56. The molecule has 0 heterocycles. The monoisotopic (exact) mass is 354 g/mol. The van der Waals surface area contributed by atoms with Crippen molar-refractivity contribution in [2.75, 3.05) is 7.11 Å². The van der Waals surface area contributed by atoms with E-state index in [1.807, 2.05) is 12.1 Å². The number of halogens is 2. The van der Waals surface area contributed by atoms with E-state index in [0.29, 0.717) is 21.4 Å². The lowest BCUT2D eigenvalue weighted by Gasteiger charge is -2.05. The smallest absolute Gasteiger partial charge is 0.137 e. The normalized spacial score (nSPS) is 10.0. The summed E-state index contributed by atoms with van der Waals surface area (Å²) in [6.07, 6.45) is 3.49. The Hall–Kier alpha value is -2.72. The Balaban J connectivity index is 2.46. The van der Waals surface area contributed by atoms with Crippen LogP contribution in [0.3, 0.4) is 0 Å². The van der Waals surface area contributed by atoms with Crippen LogP contribution in [-0.2, 0) is 0 Å². The molecule has 0 unspecified atom stereocenters. The summed E-state index contributed by atoms with van der Waals surface area (Å²) in [6, 6.07) is 16.2. The van der Waals surface area contributed by atoms with E-state index in [1.54, 1.807) is 61.7 Å². The van der Waals surface area contributed by atoms with Gasteiger partial charge in [-0.15, -0.1) is 0 Å². The molecule has 0 saturated carbocycles. The Bertz CT molecular complexity index is 869. The molecule has 0 saturated heterocycles. The molecule has 0 spiro atoms. The van der Waals surface area contributed by atoms with E-state index in [-0.39, 0.29) is 5.57 Å². The predicted octanol–water partition coefficient (Wildman–Crippen LogP) is 5.52. The molecule has 118 valence electrons. The zero-order chi connectivity index (χ0) is 17.5. The first-order valence-corrected chi connectivity index (χ1v) is 7.66. The van der Waals surface area contributed by atoms with Crippen LogP contribution in [0.4, 0.5) is 0 Å². The largest absolute Gasteiger partial charge is 0.497 e. The van der Waals surface area contributed by atoms with Gasteiger partial charge in [0.1, 0.15) is 23.5 Å². The Labute approximate surface area is 150 Å². The van der Waals surface area contributed by atoms with Gasteiger partial charge < -0.3 is 4.74 Å². The number of methoxy groups -OCH3 is 1. The summed E-state index contributed by atoms with van der Waals surface area (Å²) in [6.45, 7) is 0. The number of benzene rings is 2. The molecule has 0 bridgehead atoms. The van der Waals surface area contributed by atoms with Crippen LogP contribution in [0, 0.1) is 22.7 Å². The van der Waals surface area contributed by atoms with Crippen molar-refractivity contribution in [1.82, 2.24) is 0 Å². The van der Waals surface area contributed by atoms with Crippen LogP contribution in [0.5, 0.6) is 5.75 Å². The summed E-state index contributed by atoms with van der Waals surface area (Å²) in [5.74, 6) is 0.696. The molecule has 2 aromatic rings. The molecule has 0 fully saturated rings. The Morgan fingerprint density at radius 3 is 2.21 bits per heavy atom. The van der Waals surface area contributed by atoms with Crippen molar-refractivity contribution in [3.8, 4) is 17.9 Å². The van der Waals surface area contributed by atoms with Gasteiger partial charge in [-0.3, -0.25) is 0 Å². The number of ether oxygens (including phenoxy) is 1. The standard InChI is InChI=1S/C19H12Cl2N2O/c1-24-16-6-4-14(5-7-16)17(15(11-22)12-23)8-2-13-3-9-18(20)19(21)10-13/h2-10H,1H3/b8-2+. The molecule has 0 radical (unpaired) electrons. The van der Waals surface area contributed by atoms with Crippen LogP contribution in [0.15, 0.2) is 54.1 Å². The summed E-state index contributed by atoms with van der Waals surface area (Å²) in [5, 5.41) is 19.3. The van der Waals surface area contributed by atoms with Gasteiger partial charge in [0, 0.05) is 5.57 Å². The maximum absolute atomic E-state index is 9.21. The number of nitriles is 2. The molecule has 0 aliphatic rings. The zero-order valence-electron chi connectivity index (χ0n) is 12.8. The van der Waals surface area contributed by atoms with E-state index >= 15 is 0 Å². The average molecular weight is 355 g/mol. The molecule has 0 aromatic heterocycles. The fourth-order valence-corrected chi connectivity index (χ4v) is 2.34. The number of rotatable bonds is 4. The second kappa shape index (κ2) is 8.22. The van der Waals surface area contributed by atoms with Crippen LogP contribution in [0.1, 0.15) is 11.1 Å². The fourth-order valence-electron chi connectivity index (χ4n) is 2.04. The topological polar surface area (TPSA) is 56.8 Å².